The van der Waals surface area contributed by atoms with E-state index in [2.05, 4.69) is 4.98 Å². The molecular formula is C15H18N2O2. The number of nitrogens with zero attached hydrogens (tertiary/aromatic N) is 1. The van der Waals surface area contributed by atoms with Gasteiger partial charge in [0, 0.05) is 25.2 Å². The molecule has 0 saturated heterocycles. The van der Waals surface area contributed by atoms with Crippen molar-refractivity contribution in [1.29, 1.82) is 0 Å². The summed E-state index contributed by atoms with van der Waals surface area (Å²) in [5.41, 5.74) is 6.74. The van der Waals surface area contributed by atoms with Crippen LogP contribution in [0.4, 0.5) is 0 Å². The number of hydrogen-bond donors (Lipinski definition) is 1. The fraction of sp³-hybridized carbons (Fsp3) is 0.400. The van der Waals surface area contributed by atoms with Gasteiger partial charge in [0.25, 0.3) is 0 Å². The number of nitrogens with two attached hydrogens (primary N) is 1. The van der Waals surface area contributed by atoms with Gasteiger partial charge in [0.1, 0.15) is 0 Å². The fourth-order valence-electron chi connectivity index (χ4n) is 2.34. The molecule has 1 aliphatic carbocycles. The van der Waals surface area contributed by atoms with Crippen LogP contribution in [-0.4, -0.2) is 23.1 Å². The Morgan fingerprint density at radius 3 is 2.63 bits per heavy atom. The second-order valence-electron chi connectivity index (χ2n) is 4.79. The minimum absolute atomic E-state index is 0.0274. The van der Waals surface area contributed by atoms with Gasteiger partial charge in [-0.3, -0.25) is 14.6 Å². The van der Waals surface area contributed by atoms with E-state index in [9.17, 15) is 9.59 Å². The lowest BCUT2D eigenvalue weighted by Crippen LogP contribution is -2.24. The lowest BCUT2D eigenvalue weighted by Gasteiger charge is -2.22. The molecule has 2 N–H and O–H groups in total. The van der Waals surface area contributed by atoms with Crippen LogP contribution in [0.2, 0.25) is 0 Å². The fourth-order valence-corrected chi connectivity index (χ4v) is 2.34. The summed E-state index contributed by atoms with van der Waals surface area (Å²) in [5.74, 6) is -0.135. The molecule has 1 aliphatic rings. The van der Waals surface area contributed by atoms with Gasteiger partial charge >= 0.3 is 0 Å². The number of rotatable bonds is 4. The largest absolute Gasteiger partial charge is 0.330 e. The van der Waals surface area contributed by atoms with E-state index >= 15 is 0 Å². The highest BCUT2D eigenvalue weighted by molar-refractivity contribution is 6.22. The van der Waals surface area contributed by atoms with Crippen LogP contribution in [0.15, 0.2) is 36.2 Å². The first-order valence-electron chi connectivity index (χ1n) is 6.59. The molecule has 0 bridgehead atoms. The van der Waals surface area contributed by atoms with Crippen molar-refractivity contribution >= 4 is 11.6 Å². The first-order valence-corrected chi connectivity index (χ1v) is 6.59. The average molecular weight is 258 g/mol. The van der Waals surface area contributed by atoms with Gasteiger partial charge in [-0.1, -0.05) is 12.1 Å². The molecule has 2 rings (SSSR count). The molecule has 1 heterocycles. The topological polar surface area (TPSA) is 73.1 Å². The third-order valence-electron chi connectivity index (χ3n) is 3.38. The van der Waals surface area contributed by atoms with Crippen LogP contribution in [0.1, 0.15) is 37.2 Å². The van der Waals surface area contributed by atoms with Crippen molar-refractivity contribution in [3.05, 3.63) is 41.7 Å². The van der Waals surface area contributed by atoms with Crippen molar-refractivity contribution in [2.45, 2.75) is 31.6 Å². The minimum atomic E-state index is -0.0536. The Kier molecular flexibility index (Phi) is 4.58. The molecule has 0 aliphatic heterocycles. The van der Waals surface area contributed by atoms with E-state index in [-0.39, 0.29) is 17.5 Å². The summed E-state index contributed by atoms with van der Waals surface area (Å²) in [7, 11) is 0. The maximum absolute atomic E-state index is 12.0. The molecule has 1 fully saturated rings. The van der Waals surface area contributed by atoms with Gasteiger partial charge in [-0.2, -0.15) is 0 Å². The number of carbonyl (C=O) groups excluding carboxylic acids is 2. The van der Waals surface area contributed by atoms with Crippen LogP contribution in [0.3, 0.4) is 0 Å². The third-order valence-corrected chi connectivity index (χ3v) is 3.38. The number of aromatic nitrogens is 1. The predicted octanol–water partition coefficient (Wildman–Crippen LogP) is 1.76. The highest BCUT2D eigenvalue weighted by Gasteiger charge is 2.30. The van der Waals surface area contributed by atoms with Gasteiger partial charge < -0.3 is 5.73 Å². The van der Waals surface area contributed by atoms with Crippen molar-refractivity contribution in [3.8, 4) is 0 Å². The number of pyridine rings is 1. The summed E-state index contributed by atoms with van der Waals surface area (Å²) in [5, 5.41) is 0. The molecule has 1 saturated carbocycles. The van der Waals surface area contributed by atoms with E-state index in [1.165, 1.54) is 0 Å². The molecule has 19 heavy (non-hydrogen) atoms. The van der Waals surface area contributed by atoms with E-state index in [4.69, 9.17) is 5.73 Å². The van der Waals surface area contributed by atoms with Crippen LogP contribution in [0, 0.1) is 0 Å². The molecule has 0 spiro atoms. The van der Waals surface area contributed by atoms with Crippen molar-refractivity contribution in [2.24, 2.45) is 5.73 Å². The maximum Gasteiger partial charge on any atom is 0.166 e. The summed E-state index contributed by atoms with van der Waals surface area (Å²) in [6.45, 7) is 0.574. The van der Waals surface area contributed by atoms with Gasteiger partial charge in [0.15, 0.2) is 11.6 Å². The molecular weight excluding hydrogens is 240 g/mol. The van der Waals surface area contributed by atoms with Crippen molar-refractivity contribution in [1.82, 2.24) is 4.98 Å². The van der Waals surface area contributed by atoms with Gasteiger partial charge in [0.2, 0.25) is 0 Å². The molecule has 4 heteroatoms. The Balaban J connectivity index is 2.09. The van der Waals surface area contributed by atoms with Crippen LogP contribution >= 0.6 is 0 Å². The quantitative estimate of drug-likeness (QED) is 0.507. The summed E-state index contributed by atoms with van der Waals surface area (Å²) in [6.07, 6.45) is 7.45. The summed E-state index contributed by atoms with van der Waals surface area (Å²) in [4.78, 5) is 28.1. The van der Waals surface area contributed by atoms with E-state index < -0.39 is 0 Å². The molecule has 0 unspecified atom stereocenters. The van der Waals surface area contributed by atoms with Crippen LogP contribution in [0.5, 0.6) is 0 Å². The lowest BCUT2D eigenvalue weighted by molar-refractivity contribution is -0.124. The monoisotopic (exact) mass is 258 g/mol. The summed E-state index contributed by atoms with van der Waals surface area (Å²) in [6, 6.07) is 3.75. The van der Waals surface area contributed by atoms with Gasteiger partial charge in [-0.05, 0) is 36.9 Å². The number of hydrogen-bond acceptors (Lipinski definition) is 4. The predicted molar refractivity (Wildman–Crippen MR) is 72.6 cm³/mol. The van der Waals surface area contributed by atoms with E-state index in [1.807, 2.05) is 12.1 Å². The SMILES string of the molecule is NCCCC=C1C(=O)CC(c2cccnc2)CC1=O. The Morgan fingerprint density at radius 2 is 2.05 bits per heavy atom. The molecule has 4 nitrogen and oxygen atoms in total. The van der Waals surface area contributed by atoms with Crippen molar-refractivity contribution < 1.29 is 9.59 Å². The van der Waals surface area contributed by atoms with E-state index in [0.29, 0.717) is 31.4 Å². The lowest BCUT2D eigenvalue weighted by atomic mass is 9.80. The molecule has 1 aromatic rings. The molecule has 100 valence electrons. The smallest absolute Gasteiger partial charge is 0.166 e. The molecule has 1 aromatic heterocycles. The van der Waals surface area contributed by atoms with Gasteiger partial charge in [-0.15, -0.1) is 0 Å². The second-order valence-corrected chi connectivity index (χ2v) is 4.79. The number of ketones is 2. The van der Waals surface area contributed by atoms with Crippen LogP contribution in [-0.2, 0) is 9.59 Å². The summed E-state index contributed by atoms with van der Waals surface area (Å²) < 4.78 is 0. The number of Topliss-reactive ketones (excluding diaryl/α,β-unsaturated/α-hetero) is 2. The van der Waals surface area contributed by atoms with Gasteiger partial charge in [0.05, 0.1) is 5.57 Å². The van der Waals surface area contributed by atoms with Crippen LogP contribution < -0.4 is 5.73 Å². The Morgan fingerprint density at radius 1 is 1.32 bits per heavy atom. The van der Waals surface area contributed by atoms with E-state index in [1.54, 1.807) is 18.5 Å². The second kappa shape index (κ2) is 6.38. The number of carbonyl (C=O) groups is 2. The van der Waals surface area contributed by atoms with E-state index in [0.717, 1.165) is 12.0 Å². The Labute approximate surface area is 112 Å². The molecule has 0 aromatic carbocycles. The third kappa shape index (κ3) is 3.35. The molecule has 0 radical (unpaired) electrons. The molecule has 0 amide bonds. The standard InChI is InChI=1S/C15H18N2O2/c16-6-2-1-5-13-14(18)8-12(9-15(13)19)11-4-3-7-17-10-11/h3-5,7,10,12H,1-2,6,8-9,16H2. The molecule has 0 atom stereocenters. The zero-order chi connectivity index (χ0) is 13.7. The first kappa shape index (κ1) is 13.6. The summed E-state index contributed by atoms with van der Waals surface area (Å²) >= 11 is 0. The van der Waals surface area contributed by atoms with Crippen molar-refractivity contribution in [2.75, 3.05) is 6.54 Å². The zero-order valence-corrected chi connectivity index (χ0v) is 10.8. The van der Waals surface area contributed by atoms with Crippen molar-refractivity contribution in [3.63, 3.8) is 0 Å². The normalized spacial score (nSPS) is 19.6. The Bertz CT molecular complexity index is 474. The first-order chi connectivity index (χ1) is 9.22. The van der Waals surface area contributed by atoms with Gasteiger partial charge in [-0.25, -0.2) is 0 Å². The highest BCUT2D eigenvalue weighted by Crippen LogP contribution is 2.31. The average Bonchev–Trinajstić information content (AvgIpc) is 2.43. The Hall–Kier alpha value is -1.81. The highest BCUT2D eigenvalue weighted by atomic mass is 16.1. The maximum atomic E-state index is 12.0. The van der Waals surface area contributed by atoms with Crippen LogP contribution in [0.25, 0.3) is 0 Å². The zero-order valence-electron chi connectivity index (χ0n) is 10.8. The number of unbranched alkanes of at least 4 members (excludes halogenated alkanes) is 1. The minimum Gasteiger partial charge on any atom is -0.330 e. The number of allylic oxidation sites excluding steroid dienone is 2.